The van der Waals surface area contributed by atoms with Crippen LogP contribution in [-0.4, -0.2) is 15.9 Å². The highest BCUT2D eigenvalue weighted by atomic mass is 35.5. The summed E-state index contributed by atoms with van der Waals surface area (Å²) in [6, 6.07) is 6.63. The monoisotopic (exact) mass is 270 g/mol. The number of thiocarbonyl (C=S) groups is 1. The molecule has 82 valence electrons. The van der Waals surface area contributed by atoms with E-state index < -0.39 is 0 Å². The number of carbonyl (C=O) groups is 1. The molecule has 0 heterocycles. The van der Waals surface area contributed by atoms with E-state index in [1.807, 2.05) is 0 Å². The number of nitrogens with zero attached hydrogens (tertiary/aromatic N) is 1. The summed E-state index contributed by atoms with van der Waals surface area (Å²) in [5.41, 5.74) is 0.580. The molecule has 0 spiro atoms. The Morgan fingerprint density at radius 3 is 2.69 bits per heavy atom. The fourth-order valence-electron chi connectivity index (χ4n) is 0.932. The third-order valence-corrected chi connectivity index (χ3v) is 3.14. The minimum atomic E-state index is -0.0521. The summed E-state index contributed by atoms with van der Waals surface area (Å²) < 4.78 is 0.296. The molecule has 0 fully saturated rings. The number of hydrogen-bond acceptors (Lipinski definition) is 4. The Labute approximate surface area is 108 Å². The Balaban J connectivity index is 2.50. The summed E-state index contributed by atoms with van der Waals surface area (Å²) in [5, 5.41) is 11.2. The highest BCUT2D eigenvalue weighted by Gasteiger charge is 2.07. The molecule has 1 N–H and O–H groups in total. The van der Waals surface area contributed by atoms with Crippen LogP contribution in [0, 0.1) is 11.5 Å². The van der Waals surface area contributed by atoms with Crippen LogP contribution >= 0.6 is 35.6 Å². The second-order valence-corrected chi connectivity index (χ2v) is 4.83. The molecule has 0 aromatic heterocycles. The molecular formula is C10H7ClN2OS2. The van der Waals surface area contributed by atoms with Gasteiger partial charge in [0.05, 0.1) is 5.75 Å². The second kappa shape index (κ2) is 6.48. The number of benzene rings is 1. The Bertz CT molecular complexity index is 439. The molecule has 0 aliphatic carbocycles. The normalized spacial score (nSPS) is 9.25. The van der Waals surface area contributed by atoms with Crippen molar-refractivity contribution in [3.8, 4) is 6.19 Å². The minimum Gasteiger partial charge on any atom is -0.293 e. The van der Waals surface area contributed by atoms with Crippen molar-refractivity contribution in [1.82, 2.24) is 5.32 Å². The molecule has 0 saturated carbocycles. The van der Waals surface area contributed by atoms with Crippen LogP contribution in [-0.2, 0) is 0 Å². The van der Waals surface area contributed by atoms with Gasteiger partial charge >= 0.3 is 0 Å². The predicted octanol–water partition coefficient (Wildman–Crippen LogP) is 2.61. The minimum absolute atomic E-state index is 0.0521. The van der Waals surface area contributed by atoms with Crippen molar-refractivity contribution < 1.29 is 4.79 Å². The SMILES string of the molecule is N#CNC(=S)SCC(=O)c1ccc(Cl)cc1. The number of Topliss-reactive ketones (excluding diaryl/α,β-unsaturated/α-hetero) is 1. The lowest BCUT2D eigenvalue weighted by molar-refractivity contribution is 0.102. The maximum absolute atomic E-state index is 11.6. The molecule has 1 aromatic carbocycles. The third kappa shape index (κ3) is 4.19. The van der Waals surface area contributed by atoms with Crippen molar-refractivity contribution in [1.29, 1.82) is 5.26 Å². The number of carbonyl (C=O) groups excluding carboxylic acids is 1. The Hall–Kier alpha value is -1.09. The molecule has 1 aromatic rings. The van der Waals surface area contributed by atoms with Gasteiger partial charge in [0.25, 0.3) is 0 Å². The molecule has 3 nitrogen and oxygen atoms in total. The number of nitriles is 1. The highest BCUT2D eigenvalue weighted by Crippen LogP contribution is 2.12. The average Bonchev–Trinajstić information content (AvgIpc) is 2.27. The molecule has 6 heteroatoms. The second-order valence-electron chi connectivity index (χ2n) is 2.74. The van der Waals surface area contributed by atoms with Crippen LogP contribution in [0.1, 0.15) is 10.4 Å². The van der Waals surface area contributed by atoms with Gasteiger partial charge in [-0.15, -0.1) is 0 Å². The predicted molar refractivity (Wildman–Crippen MR) is 69.6 cm³/mol. The van der Waals surface area contributed by atoms with E-state index in [-0.39, 0.29) is 11.5 Å². The Morgan fingerprint density at radius 2 is 2.12 bits per heavy atom. The zero-order chi connectivity index (χ0) is 12.0. The number of nitrogens with one attached hydrogen (secondary N) is 1. The molecule has 0 radical (unpaired) electrons. The highest BCUT2D eigenvalue weighted by molar-refractivity contribution is 8.23. The van der Waals surface area contributed by atoms with Gasteiger partial charge in [-0.05, 0) is 24.3 Å². The molecule has 0 aliphatic heterocycles. The first kappa shape index (κ1) is 13.0. The summed E-state index contributed by atoms with van der Waals surface area (Å²) in [6.45, 7) is 0. The van der Waals surface area contributed by atoms with E-state index in [4.69, 9.17) is 29.1 Å². The van der Waals surface area contributed by atoms with E-state index in [0.29, 0.717) is 14.9 Å². The number of hydrogen-bond donors (Lipinski definition) is 1. The molecule has 0 aliphatic rings. The van der Waals surface area contributed by atoms with Gasteiger partial charge in [-0.25, -0.2) is 0 Å². The first-order chi connectivity index (χ1) is 7.63. The summed E-state index contributed by atoms with van der Waals surface area (Å²) >= 11 is 11.6. The van der Waals surface area contributed by atoms with E-state index in [1.54, 1.807) is 30.5 Å². The van der Waals surface area contributed by atoms with Crippen LogP contribution in [0.25, 0.3) is 0 Å². The van der Waals surface area contributed by atoms with Gasteiger partial charge in [-0.1, -0.05) is 35.6 Å². The van der Waals surface area contributed by atoms with E-state index >= 15 is 0 Å². The fraction of sp³-hybridized carbons (Fsp3) is 0.100. The first-order valence-electron chi connectivity index (χ1n) is 4.24. The smallest absolute Gasteiger partial charge is 0.182 e. The number of ketones is 1. The van der Waals surface area contributed by atoms with Crippen molar-refractivity contribution in [3.63, 3.8) is 0 Å². The molecule has 0 amide bonds. The first-order valence-corrected chi connectivity index (χ1v) is 6.01. The molecule has 0 unspecified atom stereocenters. The van der Waals surface area contributed by atoms with Crippen LogP contribution in [0.15, 0.2) is 24.3 Å². The number of thioether (sulfide) groups is 1. The van der Waals surface area contributed by atoms with Crippen molar-refractivity contribution in [2.24, 2.45) is 0 Å². The van der Waals surface area contributed by atoms with E-state index in [9.17, 15) is 4.79 Å². The van der Waals surface area contributed by atoms with Crippen LogP contribution in [0.3, 0.4) is 0 Å². The Kier molecular flexibility index (Phi) is 5.26. The quantitative estimate of drug-likeness (QED) is 0.396. The standard InChI is InChI=1S/C10H7ClN2OS2/c11-8-3-1-7(2-4-8)9(14)5-16-10(15)13-6-12/h1-4H,5H2,(H,13,15). The third-order valence-electron chi connectivity index (χ3n) is 1.66. The molecular weight excluding hydrogens is 264 g/mol. The zero-order valence-corrected chi connectivity index (χ0v) is 10.5. The van der Waals surface area contributed by atoms with Gasteiger partial charge in [0.1, 0.15) is 4.32 Å². The van der Waals surface area contributed by atoms with Gasteiger partial charge in [0, 0.05) is 10.6 Å². The lowest BCUT2D eigenvalue weighted by Crippen LogP contribution is -2.13. The summed E-state index contributed by atoms with van der Waals surface area (Å²) in [4.78, 5) is 11.6. The van der Waals surface area contributed by atoms with Gasteiger partial charge in [-0.3, -0.25) is 10.1 Å². The van der Waals surface area contributed by atoms with Crippen molar-refractivity contribution >= 4 is 45.7 Å². The zero-order valence-electron chi connectivity index (χ0n) is 8.07. The van der Waals surface area contributed by atoms with Gasteiger partial charge in [-0.2, -0.15) is 5.26 Å². The number of rotatable bonds is 3. The van der Waals surface area contributed by atoms with E-state index in [1.165, 1.54) is 0 Å². The maximum atomic E-state index is 11.6. The topological polar surface area (TPSA) is 52.9 Å². The van der Waals surface area contributed by atoms with Gasteiger partial charge < -0.3 is 0 Å². The van der Waals surface area contributed by atoms with Gasteiger partial charge in [0.15, 0.2) is 12.0 Å². The van der Waals surface area contributed by atoms with Crippen LogP contribution < -0.4 is 5.32 Å². The van der Waals surface area contributed by atoms with E-state index in [0.717, 1.165) is 11.8 Å². The van der Waals surface area contributed by atoms with Crippen LogP contribution in [0.2, 0.25) is 5.02 Å². The van der Waals surface area contributed by atoms with Crippen molar-refractivity contribution in [2.75, 3.05) is 5.75 Å². The molecule has 1 rings (SSSR count). The molecule has 16 heavy (non-hydrogen) atoms. The van der Waals surface area contributed by atoms with Crippen molar-refractivity contribution in [2.45, 2.75) is 0 Å². The van der Waals surface area contributed by atoms with Crippen LogP contribution in [0.5, 0.6) is 0 Å². The van der Waals surface area contributed by atoms with E-state index in [2.05, 4.69) is 5.32 Å². The average molecular weight is 271 g/mol. The Morgan fingerprint density at radius 1 is 1.50 bits per heavy atom. The van der Waals surface area contributed by atoms with Crippen molar-refractivity contribution in [3.05, 3.63) is 34.9 Å². The summed E-state index contributed by atoms with van der Waals surface area (Å²) in [7, 11) is 0. The van der Waals surface area contributed by atoms with Gasteiger partial charge in [0.2, 0.25) is 0 Å². The summed E-state index contributed by atoms with van der Waals surface area (Å²) in [6.07, 6.45) is 1.70. The summed E-state index contributed by atoms with van der Waals surface area (Å²) in [5.74, 6) is 0.151. The lowest BCUT2D eigenvalue weighted by Gasteiger charge is -2.01. The maximum Gasteiger partial charge on any atom is 0.182 e. The lowest BCUT2D eigenvalue weighted by atomic mass is 10.1. The van der Waals surface area contributed by atoms with Crippen LogP contribution in [0.4, 0.5) is 0 Å². The number of halogens is 1. The largest absolute Gasteiger partial charge is 0.293 e. The molecule has 0 atom stereocenters. The molecule has 0 bridgehead atoms. The fourth-order valence-corrected chi connectivity index (χ4v) is 1.83. The molecule has 0 saturated heterocycles.